The third-order valence-corrected chi connectivity index (χ3v) is 4.68. The van der Waals surface area contributed by atoms with Crippen molar-refractivity contribution in [3.63, 3.8) is 0 Å². The van der Waals surface area contributed by atoms with Gasteiger partial charge in [-0.3, -0.25) is 15.0 Å². The lowest BCUT2D eigenvalue weighted by molar-refractivity contribution is -0.120. The zero-order valence-electron chi connectivity index (χ0n) is 17.0. The number of rotatable bonds is 9. The van der Waals surface area contributed by atoms with Gasteiger partial charge in [-0.2, -0.15) is 0 Å². The fraction of sp³-hybridized carbons (Fsp3) is 0.524. The molecular formula is C21H31N3O4. The summed E-state index contributed by atoms with van der Waals surface area (Å²) < 4.78 is 10.5. The first-order valence-electron chi connectivity index (χ1n) is 9.67. The topological polar surface area (TPSA) is 79.9 Å². The first-order valence-corrected chi connectivity index (χ1v) is 9.67. The second kappa shape index (κ2) is 11.3. The number of carbonyl (C=O) groups is 2. The van der Waals surface area contributed by atoms with Gasteiger partial charge >= 0.3 is 6.03 Å². The van der Waals surface area contributed by atoms with Crippen LogP contribution in [0.3, 0.4) is 0 Å². The van der Waals surface area contributed by atoms with Gasteiger partial charge in [0.25, 0.3) is 0 Å². The summed E-state index contributed by atoms with van der Waals surface area (Å²) in [4.78, 5) is 25.8. The number of carbonyl (C=O) groups excluding carboxylic acids is 2. The van der Waals surface area contributed by atoms with Crippen LogP contribution < -0.4 is 20.1 Å². The average molecular weight is 389 g/mol. The highest BCUT2D eigenvalue weighted by Gasteiger charge is 2.12. The Morgan fingerprint density at radius 1 is 1.14 bits per heavy atom. The molecular weight excluding hydrogens is 358 g/mol. The zero-order valence-corrected chi connectivity index (χ0v) is 17.0. The molecule has 154 valence electrons. The Bertz CT molecular complexity index is 703. The predicted octanol–water partition coefficient (Wildman–Crippen LogP) is 2.85. The Labute approximate surface area is 167 Å². The van der Waals surface area contributed by atoms with Crippen molar-refractivity contribution in [1.29, 1.82) is 0 Å². The normalized spacial score (nSPS) is 13.6. The number of nitrogens with one attached hydrogen (secondary N) is 2. The smallest absolute Gasteiger partial charge is 0.321 e. The number of imide groups is 1. The Morgan fingerprint density at radius 3 is 2.61 bits per heavy atom. The highest BCUT2D eigenvalue weighted by Crippen LogP contribution is 2.27. The van der Waals surface area contributed by atoms with Crippen LogP contribution in [0, 0.1) is 0 Å². The molecule has 0 atom stereocenters. The third-order valence-electron chi connectivity index (χ3n) is 4.68. The predicted molar refractivity (Wildman–Crippen MR) is 109 cm³/mol. The van der Waals surface area contributed by atoms with E-state index in [1.807, 2.05) is 30.1 Å². The Balaban J connectivity index is 1.71. The van der Waals surface area contributed by atoms with Crippen molar-refractivity contribution in [2.45, 2.75) is 38.6 Å². The standard InChI is InChI=1S/C21H31N3O4/c1-24(14-17-9-10-18(27-2)19(13-17)28-3)15-20(25)23-21(26)22-12-11-16-7-5-4-6-8-16/h7,9-10,13H,4-6,8,11-12,14-15H2,1-3H3,(H2,22,23,25,26). The minimum Gasteiger partial charge on any atom is -0.493 e. The summed E-state index contributed by atoms with van der Waals surface area (Å²) in [6, 6.07) is 5.18. The van der Waals surface area contributed by atoms with Gasteiger partial charge in [-0.05, 0) is 56.8 Å². The lowest BCUT2D eigenvalue weighted by Gasteiger charge is -2.17. The number of hydrogen-bond donors (Lipinski definition) is 2. The molecule has 2 N–H and O–H groups in total. The number of ether oxygens (including phenoxy) is 2. The van der Waals surface area contributed by atoms with Gasteiger partial charge in [0.1, 0.15) is 0 Å². The van der Waals surface area contributed by atoms with Crippen LogP contribution in [0.1, 0.15) is 37.7 Å². The number of nitrogens with zero attached hydrogens (tertiary/aromatic N) is 1. The van der Waals surface area contributed by atoms with E-state index in [9.17, 15) is 9.59 Å². The van der Waals surface area contributed by atoms with E-state index >= 15 is 0 Å². The number of likely N-dealkylation sites (N-methyl/N-ethyl adjacent to an activating group) is 1. The fourth-order valence-electron chi connectivity index (χ4n) is 3.27. The quantitative estimate of drug-likeness (QED) is 0.635. The first kappa shape index (κ1) is 21.8. The second-order valence-corrected chi connectivity index (χ2v) is 7.02. The average Bonchev–Trinajstić information content (AvgIpc) is 2.68. The van der Waals surface area contributed by atoms with Crippen molar-refractivity contribution in [1.82, 2.24) is 15.5 Å². The van der Waals surface area contributed by atoms with Crippen LogP contribution in [0.2, 0.25) is 0 Å². The maximum atomic E-state index is 12.1. The van der Waals surface area contributed by atoms with Crippen LogP contribution in [0.15, 0.2) is 29.8 Å². The van der Waals surface area contributed by atoms with Crippen LogP contribution >= 0.6 is 0 Å². The van der Waals surface area contributed by atoms with E-state index in [2.05, 4.69) is 16.7 Å². The molecule has 1 aliphatic carbocycles. The SMILES string of the molecule is COc1ccc(CN(C)CC(=O)NC(=O)NCCC2=CCCCC2)cc1OC. The van der Waals surface area contributed by atoms with E-state index in [4.69, 9.17) is 9.47 Å². The minimum atomic E-state index is -0.444. The third kappa shape index (κ3) is 7.23. The number of methoxy groups -OCH3 is 2. The van der Waals surface area contributed by atoms with Crippen molar-refractivity contribution in [3.8, 4) is 11.5 Å². The highest BCUT2D eigenvalue weighted by molar-refractivity contribution is 5.95. The monoisotopic (exact) mass is 389 g/mol. The summed E-state index contributed by atoms with van der Waals surface area (Å²) in [5.74, 6) is 0.968. The lowest BCUT2D eigenvalue weighted by atomic mass is 9.97. The molecule has 0 aromatic heterocycles. The highest BCUT2D eigenvalue weighted by atomic mass is 16.5. The summed E-state index contributed by atoms with van der Waals surface area (Å²) in [6.07, 6.45) is 7.83. The van der Waals surface area contributed by atoms with E-state index in [0.29, 0.717) is 24.6 Å². The number of hydrogen-bond acceptors (Lipinski definition) is 5. The molecule has 0 saturated heterocycles. The van der Waals surface area contributed by atoms with Gasteiger partial charge in [0.15, 0.2) is 11.5 Å². The Morgan fingerprint density at radius 2 is 1.93 bits per heavy atom. The number of urea groups is 1. The van der Waals surface area contributed by atoms with Crippen molar-refractivity contribution >= 4 is 11.9 Å². The van der Waals surface area contributed by atoms with Gasteiger partial charge in [-0.1, -0.05) is 17.7 Å². The van der Waals surface area contributed by atoms with E-state index in [-0.39, 0.29) is 12.5 Å². The molecule has 0 saturated carbocycles. The number of benzene rings is 1. The Kier molecular flexibility index (Phi) is 8.81. The summed E-state index contributed by atoms with van der Waals surface area (Å²) in [5, 5.41) is 5.13. The molecule has 0 bridgehead atoms. The van der Waals surface area contributed by atoms with Gasteiger partial charge in [0.05, 0.1) is 20.8 Å². The Hall–Kier alpha value is -2.54. The van der Waals surface area contributed by atoms with Crippen LogP contribution in [-0.2, 0) is 11.3 Å². The summed E-state index contributed by atoms with van der Waals surface area (Å²) in [5.41, 5.74) is 2.38. The minimum absolute atomic E-state index is 0.118. The van der Waals surface area contributed by atoms with Crippen LogP contribution in [-0.4, -0.2) is 51.2 Å². The molecule has 3 amide bonds. The van der Waals surface area contributed by atoms with E-state index in [1.165, 1.54) is 18.4 Å². The molecule has 0 radical (unpaired) electrons. The number of amides is 3. The molecule has 7 nitrogen and oxygen atoms in total. The van der Waals surface area contributed by atoms with E-state index < -0.39 is 6.03 Å². The van der Waals surface area contributed by atoms with Crippen LogP contribution in [0.4, 0.5) is 4.79 Å². The molecule has 28 heavy (non-hydrogen) atoms. The number of allylic oxidation sites excluding steroid dienone is 1. The molecule has 7 heteroatoms. The van der Waals surface area contributed by atoms with Gasteiger partial charge in [-0.25, -0.2) is 4.79 Å². The maximum absolute atomic E-state index is 12.1. The maximum Gasteiger partial charge on any atom is 0.321 e. The van der Waals surface area contributed by atoms with Crippen molar-refractivity contribution in [3.05, 3.63) is 35.4 Å². The van der Waals surface area contributed by atoms with Gasteiger partial charge in [-0.15, -0.1) is 0 Å². The van der Waals surface area contributed by atoms with Crippen molar-refractivity contribution < 1.29 is 19.1 Å². The van der Waals surface area contributed by atoms with Gasteiger partial charge in [0, 0.05) is 13.1 Å². The molecule has 0 unspecified atom stereocenters. The van der Waals surface area contributed by atoms with Crippen molar-refractivity contribution in [2.75, 3.05) is 34.4 Å². The van der Waals surface area contributed by atoms with E-state index in [1.54, 1.807) is 14.2 Å². The molecule has 0 heterocycles. The lowest BCUT2D eigenvalue weighted by Crippen LogP contribution is -2.44. The van der Waals surface area contributed by atoms with E-state index in [0.717, 1.165) is 24.8 Å². The second-order valence-electron chi connectivity index (χ2n) is 7.02. The molecule has 2 rings (SSSR count). The van der Waals surface area contributed by atoms with Crippen LogP contribution in [0.5, 0.6) is 11.5 Å². The van der Waals surface area contributed by atoms with Gasteiger partial charge in [0.2, 0.25) is 5.91 Å². The largest absolute Gasteiger partial charge is 0.493 e. The summed E-state index contributed by atoms with van der Waals surface area (Å²) in [6.45, 7) is 1.21. The molecule has 0 spiro atoms. The van der Waals surface area contributed by atoms with Gasteiger partial charge < -0.3 is 14.8 Å². The van der Waals surface area contributed by atoms with Crippen LogP contribution in [0.25, 0.3) is 0 Å². The fourth-order valence-corrected chi connectivity index (χ4v) is 3.27. The summed E-state index contributed by atoms with van der Waals surface area (Å²) in [7, 11) is 5.00. The summed E-state index contributed by atoms with van der Waals surface area (Å²) >= 11 is 0. The first-order chi connectivity index (χ1) is 13.5. The zero-order chi connectivity index (χ0) is 20.4. The molecule has 1 aliphatic rings. The molecule has 0 aliphatic heterocycles. The molecule has 0 fully saturated rings. The molecule has 1 aromatic carbocycles. The van der Waals surface area contributed by atoms with Crippen molar-refractivity contribution in [2.24, 2.45) is 0 Å². The molecule has 1 aromatic rings.